The van der Waals surface area contributed by atoms with Gasteiger partial charge in [-0.25, -0.2) is 0 Å². The predicted molar refractivity (Wildman–Crippen MR) is 99.1 cm³/mol. The Morgan fingerprint density at radius 3 is 2.80 bits per heavy atom. The minimum Gasteiger partial charge on any atom is -0.472 e. The van der Waals surface area contributed by atoms with Gasteiger partial charge in [-0.15, -0.1) is 0 Å². The fraction of sp³-hybridized carbons (Fsp3) is 0.826. The highest BCUT2D eigenvalue weighted by Gasteiger charge is 2.61. The topological polar surface area (TPSA) is 33.4 Å². The Bertz CT molecular complexity index is 608. The zero-order chi connectivity index (χ0) is 17.1. The fourth-order valence-corrected chi connectivity index (χ4v) is 8.19. The van der Waals surface area contributed by atoms with Crippen molar-refractivity contribution in [3.05, 3.63) is 24.2 Å². The summed E-state index contributed by atoms with van der Waals surface area (Å²) in [6.07, 6.45) is 18.2. The van der Waals surface area contributed by atoms with Crippen LogP contribution in [0.15, 0.2) is 23.0 Å². The number of rotatable bonds is 2. The number of fused-ring (bicyclic) bond motifs is 5. The molecule has 4 aliphatic carbocycles. The second-order valence-electron chi connectivity index (χ2n) is 10.1. The molecule has 0 spiro atoms. The largest absolute Gasteiger partial charge is 0.472 e. The van der Waals surface area contributed by atoms with Gasteiger partial charge in [-0.3, -0.25) is 0 Å². The van der Waals surface area contributed by atoms with E-state index in [0.29, 0.717) is 5.41 Å². The first-order valence-electron chi connectivity index (χ1n) is 10.8. The first kappa shape index (κ1) is 16.4. The molecule has 0 aromatic carbocycles. The first-order valence-corrected chi connectivity index (χ1v) is 10.8. The van der Waals surface area contributed by atoms with Gasteiger partial charge in [-0.05, 0) is 98.5 Å². The Balaban J connectivity index is 1.46. The molecule has 1 N–H and O–H groups in total. The van der Waals surface area contributed by atoms with Gasteiger partial charge in [0.25, 0.3) is 0 Å². The second kappa shape index (κ2) is 5.87. The average Bonchev–Trinajstić information content (AvgIpc) is 3.23. The summed E-state index contributed by atoms with van der Waals surface area (Å²) >= 11 is 0. The van der Waals surface area contributed by atoms with Crippen molar-refractivity contribution in [2.75, 3.05) is 0 Å². The monoisotopic (exact) mass is 342 g/mol. The molecule has 1 aromatic rings. The molecule has 2 heteroatoms. The standard InChI is InChI=1S/C23H34O2/c1-22-11-3-2-4-17(22)5-6-18-19(22)9-12-23(14-16-10-13-25-15-16)20(18)7-8-21(23)24/h10,13,15,17-21,24H,2-9,11-12,14H2,1H3/t17?,18-,19+,20+,21+,22+,23-/m1/s1. The molecule has 5 rings (SSSR count). The van der Waals surface area contributed by atoms with Crippen molar-refractivity contribution in [1.29, 1.82) is 0 Å². The molecule has 4 aliphatic rings. The van der Waals surface area contributed by atoms with E-state index in [1.54, 1.807) is 6.26 Å². The molecule has 25 heavy (non-hydrogen) atoms. The molecule has 0 radical (unpaired) electrons. The van der Waals surface area contributed by atoms with Gasteiger partial charge in [-0.2, -0.15) is 0 Å². The quantitative estimate of drug-likeness (QED) is 0.759. The van der Waals surface area contributed by atoms with E-state index in [9.17, 15) is 5.11 Å². The lowest BCUT2D eigenvalue weighted by Gasteiger charge is -2.60. The molecular formula is C23H34O2. The SMILES string of the molecule is C[C@]12CCCCC1CC[C@H]1[C@@H]3CC[C@H](O)[C@@]3(Cc3ccoc3)CC[C@@H]12. The van der Waals surface area contributed by atoms with Crippen molar-refractivity contribution in [1.82, 2.24) is 0 Å². The Labute approximate surface area is 152 Å². The van der Waals surface area contributed by atoms with E-state index in [0.717, 1.165) is 36.5 Å². The smallest absolute Gasteiger partial charge is 0.0934 e. The third-order valence-electron chi connectivity index (χ3n) is 9.37. The van der Waals surface area contributed by atoms with E-state index in [2.05, 4.69) is 13.0 Å². The normalized spacial score (nSPS) is 49.3. The predicted octanol–water partition coefficient (Wildman–Crippen LogP) is 5.60. The zero-order valence-corrected chi connectivity index (χ0v) is 15.8. The van der Waals surface area contributed by atoms with Crippen LogP contribution in [0.5, 0.6) is 0 Å². The van der Waals surface area contributed by atoms with Gasteiger partial charge >= 0.3 is 0 Å². The summed E-state index contributed by atoms with van der Waals surface area (Å²) in [5.74, 6) is 3.49. The highest BCUT2D eigenvalue weighted by atomic mass is 16.3. The summed E-state index contributed by atoms with van der Waals surface area (Å²) in [6.45, 7) is 2.64. The Morgan fingerprint density at radius 1 is 1.04 bits per heavy atom. The molecule has 7 atom stereocenters. The molecule has 1 unspecified atom stereocenters. The summed E-state index contributed by atoms with van der Waals surface area (Å²) < 4.78 is 5.35. The molecule has 0 bridgehead atoms. The minimum atomic E-state index is -0.106. The maximum atomic E-state index is 11.0. The van der Waals surface area contributed by atoms with E-state index in [4.69, 9.17) is 4.42 Å². The van der Waals surface area contributed by atoms with Crippen molar-refractivity contribution >= 4 is 0 Å². The van der Waals surface area contributed by atoms with Crippen molar-refractivity contribution in [3.63, 3.8) is 0 Å². The number of hydrogen-bond acceptors (Lipinski definition) is 2. The van der Waals surface area contributed by atoms with Gasteiger partial charge in [-0.1, -0.05) is 19.8 Å². The summed E-state index contributed by atoms with van der Waals surface area (Å²) in [5.41, 5.74) is 2.02. The summed E-state index contributed by atoms with van der Waals surface area (Å²) in [5, 5.41) is 11.0. The van der Waals surface area contributed by atoms with E-state index in [1.165, 1.54) is 63.4 Å². The van der Waals surface area contributed by atoms with Crippen LogP contribution < -0.4 is 0 Å². The molecule has 1 aromatic heterocycles. The number of hydrogen-bond donors (Lipinski definition) is 1. The zero-order valence-electron chi connectivity index (χ0n) is 15.8. The van der Waals surface area contributed by atoms with Gasteiger partial charge in [0.05, 0.1) is 18.6 Å². The van der Waals surface area contributed by atoms with Crippen molar-refractivity contribution < 1.29 is 9.52 Å². The summed E-state index contributed by atoms with van der Waals surface area (Å²) in [7, 11) is 0. The highest BCUT2D eigenvalue weighted by molar-refractivity contribution is 5.17. The Morgan fingerprint density at radius 2 is 1.96 bits per heavy atom. The van der Waals surface area contributed by atoms with Crippen molar-refractivity contribution in [2.24, 2.45) is 34.5 Å². The van der Waals surface area contributed by atoms with Crippen LogP contribution in [0.2, 0.25) is 0 Å². The summed E-state index contributed by atoms with van der Waals surface area (Å²) in [4.78, 5) is 0. The molecule has 0 saturated heterocycles. The second-order valence-corrected chi connectivity index (χ2v) is 10.1. The van der Waals surface area contributed by atoms with Crippen LogP contribution >= 0.6 is 0 Å². The van der Waals surface area contributed by atoms with Crippen molar-refractivity contribution in [3.8, 4) is 0 Å². The molecule has 2 nitrogen and oxygen atoms in total. The molecule has 0 aliphatic heterocycles. The van der Waals surface area contributed by atoms with E-state index in [1.807, 2.05) is 6.26 Å². The third kappa shape index (κ3) is 2.32. The molecule has 138 valence electrons. The number of aliphatic hydroxyl groups excluding tert-OH is 1. The maximum absolute atomic E-state index is 11.0. The summed E-state index contributed by atoms with van der Waals surface area (Å²) in [6, 6.07) is 2.11. The average molecular weight is 343 g/mol. The van der Waals surface area contributed by atoms with E-state index < -0.39 is 0 Å². The van der Waals surface area contributed by atoms with Gasteiger partial charge in [0.15, 0.2) is 0 Å². The fourth-order valence-electron chi connectivity index (χ4n) is 8.19. The van der Waals surface area contributed by atoms with Gasteiger partial charge < -0.3 is 9.52 Å². The van der Waals surface area contributed by atoms with Crippen LogP contribution in [0.4, 0.5) is 0 Å². The number of aliphatic hydroxyl groups is 1. The third-order valence-corrected chi connectivity index (χ3v) is 9.37. The molecule has 0 amide bonds. The van der Waals surface area contributed by atoms with Crippen LogP contribution in [-0.4, -0.2) is 11.2 Å². The molecule has 4 fully saturated rings. The van der Waals surface area contributed by atoms with E-state index in [-0.39, 0.29) is 11.5 Å². The minimum absolute atomic E-state index is 0.106. The molecule has 1 heterocycles. The van der Waals surface area contributed by atoms with Crippen LogP contribution in [0.3, 0.4) is 0 Å². The lowest BCUT2D eigenvalue weighted by atomic mass is 9.44. The lowest BCUT2D eigenvalue weighted by molar-refractivity contribution is -0.126. The van der Waals surface area contributed by atoms with Crippen LogP contribution in [-0.2, 0) is 6.42 Å². The first-order chi connectivity index (χ1) is 12.1. The van der Waals surface area contributed by atoms with Crippen LogP contribution in [0.1, 0.15) is 76.7 Å². The maximum Gasteiger partial charge on any atom is 0.0934 e. The van der Waals surface area contributed by atoms with Gasteiger partial charge in [0.2, 0.25) is 0 Å². The van der Waals surface area contributed by atoms with E-state index >= 15 is 0 Å². The number of furan rings is 1. The molecule has 4 saturated carbocycles. The highest BCUT2D eigenvalue weighted by Crippen LogP contribution is 2.66. The Hall–Kier alpha value is -0.760. The van der Waals surface area contributed by atoms with Crippen LogP contribution in [0, 0.1) is 34.5 Å². The lowest BCUT2D eigenvalue weighted by Crippen LogP contribution is -2.54. The van der Waals surface area contributed by atoms with Crippen LogP contribution in [0.25, 0.3) is 0 Å². The Kier molecular flexibility index (Phi) is 3.86. The van der Waals surface area contributed by atoms with Gasteiger partial charge in [0, 0.05) is 5.41 Å². The molecular weight excluding hydrogens is 308 g/mol. The van der Waals surface area contributed by atoms with Crippen molar-refractivity contribution in [2.45, 2.75) is 83.7 Å². The van der Waals surface area contributed by atoms with Gasteiger partial charge in [0.1, 0.15) is 0 Å².